The van der Waals surface area contributed by atoms with Crippen molar-refractivity contribution in [1.29, 1.82) is 0 Å². The predicted octanol–water partition coefficient (Wildman–Crippen LogP) is 4.22. The number of nitrogens with zero attached hydrogens (tertiary/aromatic N) is 4. The molecule has 2 amide bonds. The predicted molar refractivity (Wildman–Crippen MR) is 121 cm³/mol. The van der Waals surface area contributed by atoms with Gasteiger partial charge in [-0.05, 0) is 43.5 Å². The van der Waals surface area contributed by atoms with Crippen LogP contribution in [0.25, 0.3) is 11.0 Å². The summed E-state index contributed by atoms with van der Waals surface area (Å²) in [6, 6.07) is 15.3. The highest BCUT2D eigenvalue weighted by Crippen LogP contribution is 2.36. The first-order valence-electron chi connectivity index (χ1n) is 10.9. The quantitative estimate of drug-likeness (QED) is 0.615. The summed E-state index contributed by atoms with van der Waals surface area (Å²) in [4.78, 5) is 34.5. The Labute approximate surface area is 186 Å². The fourth-order valence-corrected chi connectivity index (χ4v) is 4.97. The van der Waals surface area contributed by atoms with Crippen LogP contribution in [-0.2, 0) is 16.1 Å². The van der Waals surface area contributed by atoms with Gasteiger partial charge in [-0.2, -0.15) is 0 Å². The van der Waals surface area contributed by atoms with Crippen molar-refractivity contribution in [2.45, 2.75) is 38.1 Å². The molecule has 0 spiro atoms. The molecule has 160 valence electrons. The number of carbonyl (C=O) groups is 2. The molecule has 2 aliphatic rings. The first-order valence-corrected chi connectivity index (χ1v) is 11.3. The number of para-hydroxylation sites is 3. The molecule has 0 aliphatic carbocycles. The molecule has 3 heterocycles. The van der Waals surface area contributed by atoms with E-state index in [1.165, 1.54) is 6.42 Å². The van der Waals surface area contributed by atoms with E-state index in [4.69, 9.17) is 16.6 Å². The smallest absolute Gasteiger partial charge is 0.242 e. The summed E-state index contributed by atoms with van der Waals surface area (Å²) in [5.41, 5.74) is 2.52. The van der Waals surface area contributed by atoms with Crippen molar-refractivity contribution in [3.8, 4) is 0 Å². The van der Waals surface area contributed by atoms with Crippen molar-refractivity contribution >= 4 is 40.1 Å². The molecule has 0 radical (unpaired) electrons. The van der Waals surface area contributed by atoms with Crippen molar-refractivity contribution in [1.82, 2.24) is 14.5 Å². The number of anilines is 1. The summed E-state index contributed by atoms with van der Waals surface area (Å²) < 4.78 is 2.01. The first kappa shape index (κ1) is 20.1. The van der Waals surface area contributed by atoms with Gasteiger partial charge in [-0.15, -0.1) is 0 Å². The zero-order valence-electron chi connectivity index (χ0n) is 17.3. The minimum Gasteiger partial charge on any atom is -0.341 e. The van der Waals surface area contributed by atoms with E-state index in [1.54, 1.807) is 11.0 Å². The number of rotatable bonds is 4. The minimum atomic E-state index is -0.0923. The van der Waals surface area contributed by atoms with Gasteiger partial charge in [0.05, 0.1) is 21.7 Å². The van der Waals surface area contributed by atoms with Crippen LogP contribution in [0.3, 0.4) is 0 Å². The van der Waals surface area contributed by atoms with E-state index < -0.39 is 0 Å². The van der Waals surface area contributed by atoms with Crippen LogP contribution in [0, 0.1) is 0 Å². The highest BCUT2D eigenvalue weighted by Gasteiger charge is 2.36. The summed E-state index contributed by atoms with van der Waals surface area (Å²) >= 11 is 6.35. The zero-order valence-corrected chi connectivity index (χ0v) is 18.1. The molecule has 31 heavy (non-hydrogen) atoms. The van der Waals surface area contributed by atoms with E-state index in [0.29, 0.717) is 18.0 Å². The monoisotopic (exact) mass is 436 g/mol. The molecule has 0 saturated carbocycles. The molecule has 3 aromatic rings. The maximum Gasteiger partial charge on any atom is 0.242 e. The second kappa shape index (κ2) is 8.35. The van der Waals surface area contributed by atoms with Gasteiger partial charge in [-0.25, -0.2) is 4.98 Å². The lowest BCUT2D eigenvalue weighted by Gasteiger charge is -2.27. The highest BCUT2D eigenvalue weighted by molar-refractivity contribution is 6.33. The van der Waals surface area contributed by atoms with Crippen LogP contribution in [0.1, 0.15) is 37.4 Å². The van der Waals surface area contributed by atoms with Gasteiger partial charge in [0.1, 0.15) is 12.4 Å². The Kier molecular flexibility index (Phi) is 5.40. The van der Waals surface area contributed by atoms with E-state index in [2.05, 4.69) is 0 Å². The largest absolute Gasteiger partial charge is 0.341 e. The molecule has 1 aromatic heterocycles. The van der Waals surface area contributed by atoms with E-state index >= 15 is 0 Å². The lowest BCUT2D eigenvalue weighted by molar-refractivity contribution is -0.132. The van der Waals surface area contributed by atoms with Gasteiger partial charge in [0, 0.05) is 32.0 Å². The normalized spacial score (nSPS) is 19.4. The molecule has 2 aromatic carbocycles. The molecule has 2 aliphatic heterocycles. The maximum atomic E-state index is 13.1. The Hall–Kier alpha value is -2.86. The fourth-order valence-electron chi connectivity index (χ4n) is 4.73. The molecule has 6 nitrogen and oxygen atoms in total. The van der Waals surface area contributed by atoms with Gasteiger partial charge in [0.2, 0.25) is 11.8 Å². The lowest BCUT2D eigenvalue weighted by Crippen LogP contribution is -2.38. The van der Waals surface area contributed by atoms with Crippen LogP contribution in [0.4, 0.5) is 5.69 Å². The third-order valence-electron chi connectivity index (χ3n) is 6.32. The summed E-state index contributed by atoms with van der Waals surface area (Å²) in [7, 11) is 0. The number of halogens is 1. The van der Waals surface area contributed by atoms with Crippen LogP contribution in [-0.4, -0.2) is 45.9 Å². The summed E-state index contributed by atoms with van der Waals surface area (Å²) in [5, 5.41) is 0.560. The van der Waals surface area contributed by atoms with Crippen LogP contribution >= 0.6 is 11.6 Å². The van der Waals surface area contributed by atoms with Gasteiger partial charge < -0.3 is 14.4 Å². The molecule has 1 unspecified atom stereocenters. The van der Waals surface area contributed by atoms with Gasteiger partial charge in [0.25, 0.3) is 0 Å². The van der Waals surface area contributed by atoms with Gasteiger partial charge in [0.15, 0.2) is 0 Å². The number of imidazole rings is 1. The van der Waals surface area contributed by atoms with Gasteiger partial charge in [-0.1, -0.05) is 35.9 Å². The van der Waals surface area contributed by atoms with Crippen LogP contribution in [0.15, 0.2) is 48.5 Å². The minimum absolute atomic E-state index is 0.0269. The standard InChI is InChI=1S/C24H25ClN4O2/c25-18-8-2-4-10-20(18)28-15-17(14-22(28)30)24-26-19-9-3-5-11-21(19)29(24)16-23(31)27-12-6-1-7-13-27/h2-5,8-11,17H,1,6-7,12-16H2. The van der Waals surface area contributed by atoms with Crippen LogP contribution in [0.2, 0.25) is 5.02 Å². The molecule has 2 saturated heterocycles. The topological polar surface area (TPSA) is 58.4 Å². The number of piperidine rings is 1. The third kappa shape index (κ3) is 3.81. The van der Waals surface area contributed by atoms with Crippen molar-refractivity contribution in [2.24, 2.45) is 0 Å². The average molecular weight is 437 g/mol. The zero-order chi connectivity index (χ0) is 21.4. The van der Waals surface area contributed by atoms with Crippen LogP contribution in [0.5, 0.6) is 0 Å². The van der Waals surface area contributed by atoms with Crippen LogP contribution < -0.4 is 4.90 Å². The number of aromatic nitrogens is 2. The Morgan fingerprint density at radius 1 is 1.03 bits per heavy atom. The van der Waals surface area contributed by atoms with E-state index in [1.807, 2.05) is 51.9 Å². The van der Waals surface area contributed by atoms with Crippen molar-refractivity contribution < 1.29 is 9.59 Å². The number of amides is 2. The lowest BCUT2D eigenvalue weighted by atomic mass is 10.1. The Bertz CT molecular complexity index is 1140. The molecular formula is C24H25ClN4O2. The number of fused-ring (bicyclic) bond motifs is 1. The average Bonchev–Trinajstić information content (AvgIpc) is 3.35. The van der Waals surface area contributed by atoms with Gasteiger partial charge >= 0.3 is 0 Å². The summed E-state index contributed by atoms with van der Waals surface area (Å²) in [6.07, 6.45) is 3.66. The van der Waals surface area contributed by atoms with Crippen molar-refractivity contribution in [2.75, 3.05) is 24.5 Å². The third-order valence-corrected chi connectivity index (χ3v) is 6.64. The summed E-state index contributed by atoms with van der Waals surface area (Å²) in [6.45, 7) is 2.41. The number of hydrogen-bond acceptors (Lipinski definition) is 3. The molecular weight excluding hydrogens is 412 g/mol. The number of carbonyl (C=O) groups excluding carboxylic acids is 2. The second-order valence-electron chi connectivity index (χ2n) is 8.34. The summed E-state index contributed by atoms with van der Waals surface area (Å²) in [5.74, 6) is 0.857. The Morgan fingerprint density at radius 3 is 2.58 bits per heavy atom. The molecule has 0 bridgehead atoms. The van der Waals surface area contributed by atoms with Crippen molar-refractivity contribution in [3.63, 3.8) is 0 Å². The SMILES string of the molecule is O=C(Cn1c(C2CC(=O)N(c3ccccc3Cl)C2)nc2ccccc21)N1CCCCC1. The molecule has 5 rings (SSSR count). The van der Waals surface area contributed by atoms with Gasteiger partial charge in [-0.3, -0.25) is 9.59 Å². The second-order valence-corrected chi connectivity index (χ2v) is 8.75. The van der Waals surface area contributed by atoms with E-state index in [9.17, 15) is 9.59 Å². The first-order chi connectivity index (χ1) is 15.1. The Morgan fingerprint density at radius 2 is 1.77 bits per heavy atom. The number of hydrogen-bond donors (Lipinski definition) is 0. The van der Waals surface area contributed by atoms with E-state index in [0.717, 1.165) is 48.5 Å². The highest BCUT2D eigenvalue weighted by atomic mass is 35.5. The molecule has 0 N–H and O–H groups in total. The van der Waals surface area contributed by atoms with E-state index in [-0.39, 0.29) is 24.3 Å². The molecule has 2 fully saturated rings. The van der Waals surface area contributed by atoms with Crippen molar-refractivity contribution in [3.05, 3.63) is 59.4 Å². The fraction of sp³-hybridized carbons (Fsp3) is 0.375. The molecule has 1 atom stereocenters. The number of benzene rings is 2. The molecule has 7 heteroatoms. The Balaban J connectivity index is 1.47. The number of likely N-dealkylation sites (tertiary alicyclic amines) is 1. The maximum absolute atomic E-state index is 13.1.